The van der Waals surface area contributed by atoms with Crippen molar-refractivity contribution in [2.75, 3.05) is 26.2 Å². The first-order valence-electron chi connectivity index (χ1n) is 9.08. The topological polar surface area (TPSA) is 32.7 Å². The van der Waals surface area contributed by atoms with Gasteiger partial charge in [0.05, 0.1) is 18.8 Å². The maximum Gasteiger partial charge on any atom is 0.0900 e. The number of aliphatic hydroxyl groups excluding tert-OH is 1. The van der Waals surface area contributed by atoms with Crippen LogP contribution in [-0.2, 0) is 4.74 Å². The summed E-state index contributed by atoms with van der Waals surface area (Å²) < 4.78 is 6.15. The third kappa shape index (κ3) is 5.54. The summed E-state index contributed by atoms with van der Waals surface area (Å²) in [6.45, 7) is 10.5. The molecule has 4 atom stereocenters. The van der Waals surface area contributed by atoms with Gasteiger partial charge in [-0.15, -0.1) is 0 Å². The second-order valence-electron chi connectivity index (χ2n) is 7.71. The van der Waals surface area contributed by atoms with E-state index in [1.807, 2.05) is 0 Å². The lowest BCUT2D eigenvalue weighted by Crippen LogP contribution is -2.40. The molecule has 0 amide bonds. The first-order valence-corrected chi connectivity index (χ1v) is 9.08. The summed E-state index contributed by atoms with van der Waals surface area (Å²) in [6, 6.07) is 0. The number of ether oxygens (including phenoxy) is 1. The highest BCUT2D eigenvalue weighted by atomic mass is 16.5. The van der Waals surface area contributed by atoms with Gasteiger partial charge in [-0.25, -0.2) is 0 Å². The number of rotatable bonds is 6. The van der Waals surface area contributed by atoms with Crippen molar-refractivity contribution in [2.45, 2.75) is 71.5 Å². The number of piperidine rings is 1. The molecule has 0 aromatic heterocycles. The van der Waals surface area contributed by atoms with Crippen molar-refractivity contribution >= 4 is 0 Å². The molecule has 1 heterocycles. The van der Waals surface area contributed by atoms with Crippen molar-refractivity contribution in [3.8, 4) is 0 Å². The largest absolute Gasteiger partial charge is 0.389 e. The number of likely N-dealkylation sites (tertiary alicyclic amines) is 1. The summed E-state index contributed by atoms with van der Waals surface area (Å²) in [5.74, 6) is 2.12. The van der Waals surface area contributed by atoms with Gasteiger partial charge in [0.15, 0.2) is 0 Å². The molecule has 1 saturated heterocycles. The van der Waals surface area contributed by atoms with Gasteiger partial charge in [0.25, 0.3) is 0 Å². The molecular formula is C18H35NO2. The lowest BCUT2D eigenvalue weighted by molar-refractivity contribution is -0.0744. The minimum absolute atomic E-state index is 0.326. The lowest BCUT2D eigenvalue weighted by Gasteiger charge is -2.38. The monoisotopic (exact) mass is 297 g/mol. The molecule has 3 nitrogen and oxygen atoms in total. The summed E-state index contributed by atoms with van der Waals surface area (Å²) in [6.07, 6.45) is 7.72. The van der Waals surface area contributed by atoms with E-state index in [9.17, 15) is 5.11 Å². The molecule has 2 aliphatic rings. The molecular weight excluding hydrogens is 262 g/mol. The van der Waals surface area contributed by atoms with Crippen LogP contribution in [-0.4, -0.2) is 48.5 Å². The average molecular weight is 297 g/mol. The van der Waals surface area contributed by atoms with Gasteiger partial charge in [0.2, 0.25) is 0 Å². The van der Waals surface area contributed by atoms with E-state index in [1.54, 1.807) is 0 Å². The molecule has 0 aromatic rings. The Bertz CT molecular complexity index is 289. The van der Waals surface area contributed by atoms with E-state index < -0.39 is 0 Å². The van der Waals surface area contributed by atoms with Crippen LogP contribution in [0.1, 0.15) is 59.3 Å². The lowest BCUT2D eigenvalue weighted by atomic mass is 9.75. The van der Waals surface area contributed by atoms with Crippen LogP contribution in [0.5, 0.6) is 0 Å². The Hall–Kier alpha value is -0.120. The zero-order chi connectivity index (χ0) is 15.2. The maximum absolute atomic E-state index is 10.3. The van der Waals surface area contributed by atoms with Gasteiger partial charge < -0.3 is 14.7 Å². The molecule has 0 unspecified atom stereocenters. The summed E-state index contributed by atoms with van der Waals surface area (Å²) in [4.78, 5) is 2.39. The van der Waals surface area contributed by atoms with Crippen LogP contribution in [0.4, 0.5) is 0 Å². The number of aliphatic hydroxyl groups is 1. The molecule has 1 saturated carbocycles. The van der Waals surface area contributed by atoms with Crippen LogP contribution in [0.15, 0.2) is 0 Å². The minimum atomic E-state index is -0.326. The Labute approximate surface area is 131 Å². The van der Waals surface area contributed by atoms with E-state index in [0.29, 0.717) is 24.5 Å². The molecule has 0 bridgehead atoms. The Morgan fingerprint density at radius 2 is 1.86 bits per heavy atom. The van der Waals surface area contributed by atoms with Crippen LogP contribution in [0.25, 0.3) is 0 Å². The van der Waals surface area contributed by atoms with Crippen molar-refractivity contribution in [3.63, 3.8) is 0 Å². The van der Waals surface area contributed by atoms with Gasteiger partial charge >= 0.3 is 0 Å². The molecule has 1 N–H and O–H groups in total. The fourth-order valence-corrected chi connectivity index (χ4v) is 4.03. The summed E-state index contributed by atoms with van der Waals surface area (Å²) in [5.41, 5.74) is 0. The van der Waals surface area contributed by atoms with Gasteiger partial charge in [-0.2, -0.15) is 0 Å². The molecule has 1 aliphatic carbocycles. The predicted octanol–water partition coefficient (Wildman–Crippen LogP) is 3.31. The first kappa shape index (κ1) is 17.2. The second-order valence-corrected chi connectivity index (χ2v) is 7.71. The van der Waals surface area contributed by atoms with E-state index in [4.69, 9.17) is 4.74 Å². The van der Waals surface area contributed by atoms with Crippen molar-refractivity contribution < 1.29 is 9.84 Å². The fourth-order valence-electron chi connectivity index (χ4n) is 4.03. The zero-order valence-electron chi connectivity index (χ0n) is 14.3. The third-order valence-corrected chi connectivity index (χ3v) is 5.38. The Balaban J connectivity index is 1.73. The fraction of sp³-hybridized carbons (Fsp3) is 1.00. The van der Waals surface area contributed by atoms with E-state index in [0.717, 1.165) is 25.6 Å². The molecule has 0 radical (unpaired) electrons. The van der Waals surface area contributed by atoms with Crippen LogP contribution < -0.4 is 0 Å². The smallest absolute Gasteiger partial charge is 0.0900 e. The first-order chi connectivity index (χ1) is 10.1. The second kappa shape index (κ2) is 8.50. The highest BCUT2D eigenvalue weighted by molar-refractivity contribution is 4.82. The van der Waals surface area contributed by atoms with E-state index in [2.05, 4.69) is 25.7 Å². The van der Waals surface area contributed by atoms with Crippen LogP contribution >= 0.6 is 0 Å². The molecule has 2 rings (SSSR count). The number of β-amino-alcohol motifs (C(OH)–C–C–N with tert-alkyl or cyclic N) is 1. The number of nitrogens with zero attached hydrogens (tertiary/aromatic N) is 1. The van der Waals surface area contributed by atoms with Gasteiger partial charge in [-0.3, -0.25) is 0 Å². The molecule has 1 aliphatic heterocycles. The molecule has 21 heavy (non-hydrogen) atoms. The summed E-state index contributed by atoms with van der Waals surface area (Å²) >= 11 is 0. The van der Waals surface area contributed by atoms with Crippen LogP contribution in [0.2, 0.25) is 0 Å². The van der Waals surface area contributed by atoms with Gasteiger partial charge in [-0.05, 0) is 56.5 Å². The van der Waals surface area contributed by atoms with Crippen LogP contribution in [0, 0.1) is 17.8 Å². The third-order valence-electron chi connectivity index (χ3n) is 5.38. The average Bonchev–Trinajstić information content (AvgIpc) is 2.46. The van der Waals surface area contributed by atoms with E-state index in [-0.39, 0.29) is 6.10 Å². The predicted molar refractivity (Wildman–Crippen MR) is 87.4 cm³/mol. The normalized spacial score (nSPS) is 33.3. The van der Waals surface area contributed by atoms with E-state index >= 15 is 0 Å². The molecule has 0 aromatic carbocycles. The highest BCUT2D eigenvalue weighted by Crippen LogP contribution is 2.35. The quantitative estimate of drug-likeness (QED) is 0.816. The maximum atomic E-state index is 10.3. The van der Waals surface area contributed by atoms with E-state index in [1.165, 1.54) is 38.5 Å². The van der Waals surface area contributed by atoms with Gasteiger partial charge in [0.1, 0.15) is 0 Å². The zero-order valence-corrected chi connectivity index (χ0v) is 14.3. The molecule has 3 heteroatoms. The SMILES string of the molecule is CC(C)[C@H]1CC[C@@H](C)C[C@@H]1OC[C@H](O)CN1CCCCC1. The molecule has 2 fully saturated rings. The van der Waals surface area contributed by atoms with Crippen molar-refractivity contribution in [1.29, 1.82) is 0 Å². The molecule has 0 spiro atoms. The van der Waals surface area contributed by atoms with Crippen molar-refractivity contribution in [3.05, 3.63) is 0 Å². The van der Waals surface area contributed by atoms with Crippen molar-refractivity contribution in [1.82, 2.24) is 4.90 Å². The number of hydrogen-bond donors (Lipinski definition) is 1. The summed E-state index contributed by atoms with van der Waals surface area (Å²) in [7, 11) is 0. The highest BCUT2D eigenvalue weighted by Gasteiger charge is 2.31. The summed E-state index contributed by atoms with van der Waals surface area (Å²) in [5, 5.41) is 10.3. The van der Waals surface area contributed by atoms with Crippen LogP contribution in [0.3, 0.4) is 0 Å². The number of hydrogen-bond acceptors (Lipinski definition) is 3. The van der Waals surface area contributed by atoms with Gasteiger partial charge in [0, 0.05) is 6.54 Å². The Morgan fingerprint density at radius 3 is 2.52 bits per heavy atom. The molecule has 124 valence electrons. The minimum Gasteiger partial charge on any atom is -0.389 e. The van der Waals surface area contributed by atoms with Crippen molar-refractivity contribution in [2.24, 2.45) is 17.8 Å². The standard InChI is InChI=1S/C18H35NO2/c1-14(2)17-8-7-15(3)11-18(17)21-13-16(20)12-19-9-5-4-6-10-19/h14-18,20H,4-13H2,1-3H3/t15-,16-,17-,18+/m1/s1. The Kier molecular flexibility index (Phi) is 6.97. The van der Waals surface area contributed by atoms with Gasteiger partial charge in [-0.1, -0.05) is 33.6 Å². The Morgan fingerprint density at radius 1 is 1.14 bits per heavy atom.